The van der Waals surface area contributed by atoms with Gasteiger partial charge >= 0.3 is 11.7 Å². The van der Waals surface area contributed by atoms with Crippen LogP contribution in [0.3, 0.4) is 0 Å². The summed E-state index contributed by atoms with van der Waals surface area (Å²) in [5.74, 6) is 0.314. The van der Waals surface area contributed by atoms with Crippen molar-refractivity contribution in [1.82, 2.24) is 9.13 Å². The maximum absolute atomic E-state index is 12.8. The molecule has 2 aliphatic heterocycles. The van der Waals surface area contributed by atoms with Crippen molar-refractivity contribution in [2.75, 3.05) is 0 Å². The van der Waals surface area contributed by atoms with Crippen LogP contribution in [-0.4, -0.2) is 20.9 Å². The fourth-order valence-electron chi connectivity index (χ4n) is 4.35. The van der Waals surface area contributed by atoms with E-state index in [1.807, 2.05) is 32.0 Å². The van der Waals surface area contributed by atoms with Gasteiger partial charge in [-0.2, -0.15) is 0 Å². The molecule has 0 radical (unpaired) electrons. The number of carbonyl (C=O) groups is 2. The number of ketones is 1. The largest absolute Gasteiger partial charge is 0.452 e. The fraction of sp³-hybridized carbons (Fsp3) is 0.261. The van der Waals surface area contributed by atoms with Gasteiger partial charge in [0.1, 0.15) is 11.5 Å². The Morgan fingerprint density at radius 3 is 2.43 bits per heavy atom. The molecule has 0 saturated carbocycles. The summed E-state index contributed by atoms with van der Waals surface area (Å²) in [6, 6.07) is 9.01. The van der Waals surface area contributed by atoms with Crippen molar-refractivity contribution in [3.63, 3.8) is 0 Å². The van der Waals surface area contributed by atoms with Crippen LogP contribution in [0.1, 0.15) is 47.7 Å². The highest BCUT2D eigenvalue weighted by atomic mass is 16.5. The summed E-state index contributed by atoms with van der Waals surface area (Å²) in [5.41, 5.74) is 4.27. The minimum atomic E-state index is -0.347. The van der Waals surface area contributed by atoms with Crippen molar-refractivity contribution in [3.8, 4) is 11.5 Å². The number of hydrogen-bond donors (Lipinski definition) is 0. The summed E-state index contributed by atoms with van der Waals surface area (Å²) in [6.45, 7) is 3.65. The number of esters is 1. The highest BCUT2D eigenvalue weighted by Gasteiger charge is 2.38. The van der Waals surface area contributed by atoms with Crippen LogP contribution in [0.5, 0.6) is 11.5 Å². The lowest BCUT2D eigenvalue weighted by atomic mass is 9.84. The molecule has 0 saturated heterocycles. The van der Waals surface area contributed by atoms with Gasteiger partial charge in [0, 0.05) is 25.6 Å². The molecule has 7 heteroatoms. The van der Waals surface area contributed by atoms with Gasteiger partial charge in [-0.05, 0) is 49.2 Å². The van der Waals surface area contributed by atoms with E-state index in [9.17, 15) is 14.4 Å². The van der Waals surface area contributed by atoms with Crippen LogP contribution < -0.4 is 15.2 Å². The van der Waals surface area contributed by atoms with Crippen LogP contribution in [0.25, 0.3) is 11.0 Å². The number of allylic oxidation sites excluding steroid dienone is 2. The van der Waals surface area contributed by atoms with E-state index in [-0.39, 0.29) is 29.8 Å². The first-order chi connectivity index (χ1) is 14.3. The van der Waals surface area contributed by atoms with E-state index < -0.39 is 0 Å². The van der Waals surface area contributed by atoms with Crippen molar-refractivity contribution >= 4 is 22.8 Å². The van der Waals surface area contributed by atoms with E-state index in [4.69, 9.17) is 9.47 Å². The molecular formula is C23H20N2O5. The summed E-state index contributed by atoms with van der Waals surface area (Å²) in [6.07, 6.45) is 0.122. The number of carbonyl (C=O) groups excluding carboxylic acids is 2. The fourth-order valence-corrected chi connectivity index (χ4v) is 4.35. The molecule has 0 aliphatic carbocycles. The van der Waals surface area contributed by atoms with E-state index in [0.29, 0.717) is 28.4 Å². The summed E-state index contributed by atoms with van der Waals surface area (Å²) >= 11 is 0. The maximum Gasteiger partial charge on any atom is 0.328 e. The van der Waals surface area contributed by atoms with Gasteiger partial charge in [0.15, 0.2) is 5.76 Å². The van der Waals surface area contributed by atoms with Crippen molar-refractivity contribution in [2.45, 2.75) is 26.2 Å². The summed E-state index contributed by atoms with van der Waals surface area (Å²) in [5, 5.41) is 0. The Morgan fingerprint density at radius 1 is 0.967 bits per heavy atom. The van der Waals surface area contributed by atoms with Crippen molar-refractivity contribution in [2.24, 2.45) is 14.1 Å². The molecule has 3 aromatic rings. The molecule has 1 atom stereocenters. The molecular weight excluding hydrogens is 384 g/mol. The SMILES string of the molecule is CC(C)=C1Oc2c(ccc3c2[C@@H](c2ccc4c(c2)n(C)c(=O)n4C)CC(=O)O3)C1=O. The standard InChI is InChI=1S/C23H20N2O5/c1-11(2)21-20(27)13-6-8-17-19(22(13)30-21)14(10-18(26)29-17)12-5-7-15-16(9-12)25(4)23(28)24(15)3/h5-9,14H,10H2,1-4H3/t14-/m1/s1. The Kier molecular flexibility index (Phi) is 3.80. The highest BCUT2D eigenvalue weighted by Crippen LogP contribution is 2.49. The Hall–Kier alpha value is -3.61. The van der Waals surface area contributed by atoms with E-state index in [1.54, 1.807) is 35.4 Å². The Labute approximate surface area is 172 Å². The molecule has 152 valence electrons. The Bertz CT molecular complexity index is 1370. The van der Waals surface area contributed by atoms with Crippen LogP contribution in [0, 0.1) is 0 Å². The zero-order valence-electron chi connectivity index (χ0n) is 17.1. The molecule has 0 spiro atoms. The molecule has 0 N–H and O–H groups in total. The lowest BCUT2D eigenvalue weighted by Crippen LogP contribution is -2.21. The third-order valence-electron chi connectivity index (χ3n) is 5.91. The van der Waals surface area contributed by atoms with Gasteiger partial charge in [0.25, 0.3) is 0 Å². The van der Waals surface area contributed by atoms with Crippen LogP contribution in [0.4, 0.5) is 0 Å². The monoisotopic (exact) mass is 404 g/mol. The lowest BCUT2D eigenvalue weighted by molar-refractivity contribution is -0.135. The number of aromatic nitrogens is 2. The van der Waals surface area contributed by atoms with Gasteiger partial charge in [-0.1, -0.05) is 6.07 Å². The van der Waals surface area contributed by atoms with Crippen LogP contribution >= 0.6 is 0 Å². The first-order valence-corrected chi connectivity index (χ1v) is 9.71. The van der Waals surface area contributed by atoms with Crippen LogP contribution in [-0.2, 0) is 18.9 Å². The molecule has 0 bridgehead atoms. The maximum atomic E-state index is 12.8. The number of rotatable bonds is 1. The summed E-state index contributed by atoms with van der Waals surface area (Å²) < 4.78 is 14.6. The topological polar surface area (TPSA) is 79.5 Å². The number of nitrogens with zero attached hydrogens (tertiary/aromatic N) is 2. The minimum Gasteiger partial charge on any atom is -0.452 e. The van der Waals surface area contributed by atoms with E-state index in [1.165, 1.54) is 0 Å². The number of aryl methyl sites for hydroxylation is 2. The third-order valence-corrected chi connectivity index (χ3v) is 5.91. The Balaban J connectivity index is 1.74. The summed E-state index contributed by atoms with van der Waals surface area (Å²) in [7, 11) is 3.45. The zero-order valence-corrected chi connectivity index (χ0v) is 17.1. The Morgan fingerprint density at radius 2 is 1.70 bits per heavy atom. The molecule has 0 fully saturated rings. The smallest absolute Gasteiger partial charge is 0.328 e. The molecule has 30 heavy (non-hydrogen) atoms. The second-order valence-electron chi connectivity index (χ2n) is 7.99. The first kappa shape index (κ1) is 18.4. The quantitative estimate of drug-likeness (QED) is 0.354. The van der Waals surface area contributed by atoms with Crippen LogP contribution in [0.15, 0.2) is 46.5 Å². The molecule has 3 heterocycles. The average molecular weight is 404 g/mol. The van der Waals surface area contributed by atoms with Gasteiger partial charge in [-0.3, -0.25) is 18.7 Å². The van der Waals surface area contributed by atoms with Gasteiger partial charge in [-0.15, -0.1) is 0 Å². The molecule has 5 rings (SSSR count). The minimum absolute atomic E-state index is 0.117. The third kappa shape index (κ3) is 2.41. The van der Waals surface area contributed by atoms with Gasteiger partial charge in [0.2, 0.25) is 5.78 Å². The number of fused-ring (bicyclic) bond motifs is 4. The highest BCUT2D eigenvalue weighted by molar-refractivity contribution is 6.13. The average Bonchev–Trinajstić information content (AvgIpc) is 3.17. The summed E-state index contributed by atoms with van der Waals surface area (Å²) in [4.78, 5) is 37.4. The molecule has 7 nitrogen and oxygen atoms in total. The number of ether oxygens (including phenoxy) is 2. The molecule has 2 aliphatic rings. The van der Waals surface area contributed by atoms with Crippen molar-refractivity contribution in [3.05, 3.63) is 68.8 Å². The number of imidazole rings is 1. The van der Waals surface area contributed by atoms with Gasteiger partial charge < -0.3 is 9.47 Å². The second-order valence-corrected chi connectivity index (χ2v) is 7.99. The molecule has 0 amide bonds. The van der Waals surface area contributed by atoms with Crippen LogP contribution in [0.2, 0.25) is 0 Å². The normalized spacial score (nSPS) is 17.6. The van der Waals surface area contributed by atoms with Gasteiger partial charge in [0.05, 0.1) is 23.0 Å². The predicted molar refractivity (Wildman–Crippen MR) is 110 cm³/mol. The second kappa shape index (κ2) is 6.19. The number of hydrogen-bond acceptors (Lipinski definition) is 5. The first-order valence-electron chi connectivity index (χ1n) is 9.71. The molecule has 2 aromatic carbocycles. The lowest BCUT2D eigenvalue weighted by Gasteiger charge is -2.26. The number of Topliss-reactive ketones (excluding diaryl/α,β-unsaturated/α-hetero) is 1. The van der Waals surface area contributed by atoms with Crippen molar-refractivity contribution < 1.29 is 19.1 Å². The van der Waals surface area contributed by atoms with E-state index in [0.717, 1.165) is 22.2 Å². The van der Waals surface area contributed by atoms with E-state index >= 15 is 0 Å². The van der Waals surface area contributed by atoms with Gasteiger partial charge in [-0.25, -0.2) is 4.79 Å². The molecule has 1 aromatic heterocycles. The molecule has 0 unspecified atom stereocenters. The zero-order chi connectivity index (χ0) is 21.3. The predicted octanol–water partition coefficient (Wildman–Crippen LogP) is 3.19. The number of benzene rings is 2. The van der Waals surface area contributed by atoms with E-state index in [2.05, 4.69) is 0 Å². The van der Waals surface area contributed by atoms with Crippen molar-refractivity contribution in [1.29, 1.82) is 0 Å².